The van der Waals surface area contributed by atoms with Gasteiger partial charge in [0.15, 0.2) is 0 Å². The molecule has 2 amide bonds. The number of para-hydroxylation sites is 1. The van der Waals surface area contributed by atoms with E-state index in [1.54, 1.807) is 4.90 Å². The number of rotatable bonds is 5. The number of anilines is 1. The average molecular weight is 345 g/mol. The molecule has 2 N–H and O–H groups in total. The lowest BCUT2D eigenvalue weighted by molar-refractivity contribution is 0.215. The monoisotopic (exact) mass is 345 g/mol. The highest BCUT2D eigenvalue weighted by Gasteiger charge is 2.20. The highest BCUT2D eigenvalue weighted by molar-refractivity contribution is 5.76. The Morgan fingerprint density at radius 2 is 2.00 bits per heavy atom. The first-order chi connectivity index (χ1) is 12.8. The van der Waals surface area contributed by atoms with Crippen molar-refractivity contribution >= 4 is 17.2 Å². The number of pyridine rings is 1. The smallest absolute Gasteiger partial charge is 0.317 e. The molecule has 0 unspecified atom stereocenters. The number of fused-ring (bicyclic) bond motifs is 1. The summed E-state index contributed by atoms with van der Waals surface area (Å²) in [6, 6.07) is 16.1. The fraction of sp³-hybridized carbons (Fsp3) is 0.200. The van der Waals surface area contributed by atoms with Crippen molar-refractivity contribution in [1.29, 1.82) is 5.26 Å². The number of hydrogen-bond donors (Lipinski definition) is 2. The van der Waals surface area contributed by atoms with Gasteiger partial charge in [-0.2, -0.15) is 5.26 Å². The van der Waals surface area contributed by atoms with Gasteiger partial charge in [-0.3, -0.25) is 0 Å². The first-order valence-electron chi connectivity index (χ1n) is 8.59. The van der Waals surface area contributed by atoms with Crippen molar-refractivity contribution in [2.45, 2.75) is 13.1 Å². The van der Waals surface area contributed by atoms with Crippen molar-refractivity contribution < 1.29 is 4.79 Å². The minimum absolute atomic E-state index is 0.0229. The van der Waals surface area contributed by atoms with Gasteiger partial charge in [-0.05, 0) is 23.8 Å². The van der Waals surface area contributed by atoms with Gasteiger partial charge in [-0.25, -0.2) is 4.79 Å². The highest BCUT2D eigenvalue weighted by atomic mass is 16.2. The van der Waals surface area contributed by atoms with E-state index in [0.717, 1.165) is 28.9 Å². The van der Waals surface area contributed by atoms with Crippen LogP contribution in [0.4, 0.5) is 10.5 Å². The van der Waals surface area contributed by atoms with Gasteiger partial charge < -0.3 is 19.9 Å². The van der Waals surface area contributed by atoms with Gasteiger partial charge in [-0.15, -0.1) is 0 Å². The minimum atomic E-state index is -0.0229. The molecule has 3 heterocycles. The number of carbonyl (C=O) groups excluding carboxylic acids is 1. The van der Waals surface area contributed by atoms with Crippen molar-refractivity contribution in [1.82, 2.24) is 14.6 Å². The molecule has 0 radical (unpaired) electrons. The quantitative estimate of drug-likeness (QED) is 0.747. The van der Waals surface area contributed by atoms with Crippen molar-refractivity contribution in [3.63, 3.8) is 0 Å². The second kappa shape index (κ2) is 6.81. The number of urea groups is 1. The maximum Gasteiger partial charge on any atom is 0.317 e. The average Bonchev–Trinajstić information content (AvgIpc) is 3.23. The van der Waals surface area contributed by atoms with E-state index in [9.17, 15) is 10.1 Å². The molecular weight excluding hydrogens is 326 g/mol. The number of benzene rings is 1. The lowest BCUT2D eigenvalue weighted by Gasteiger charge is -2.17. The molecule has 3 aromatic rings. The fourth-order valence-electron chi connectivity index (χ4n) is 3.33. The fourth-order valence-corrected chi connectivity index (χ4v) is 3.33. The molecule has 0 saturated carbocycles. The molecule has 6 heteroatoms. The third-order valence-electron chi connectivity index (χ3n) is 4.67. The lowest BCUT2D eigenvalue weighted by Crippen LogP contribution is -2.27. The van der Waals surface area contributed by atoms with Crippen molar-refractivity contribution in [2.75, 3.05) is 18.4 Å². The normalized spacial score (nSPS) is 13.7. The van der Waals surface area contributed by atoms with Crippen LogP contribution in [0, 0.1) is 11.3 Å². The van der Waals surface area contributed by atoms with Crippen LogP contribution in [0.5, 0.6) is 0 Å². The molecule has 1 aliphatic rings. The van der Waals surface area contributed by atoms with E-state index in [-0.39, 0.29) is 6.03 Å². The zero-order valence-corrected chi connectivity index (χ0v) is 14.3. The van der Waals surface area contributed by atoms with Crippen molar-refractivity contribution in [2.24, 2.45) is 0 Å². The molecule has 4 rings (SSSR count). The van der Waals surface area contributed by atoms with Crippen LogP contribution in [-0.2, 0) is 13.1 Å². The highest BCUT2D eigenvalue weighted by Crippen LogP contribution is 2.22. The Morgan fingerprint density at radius 1 is 1.15 bits per heavy atom. The van der Waals surface area contributed by atoms with Crippen LogP contribution in [0.25, 0.3) is 5.52 Å². The molecule has 6 nitrogen and oxygen atoms in total. The predicted molar refractivity (Wildman–Crippen MR) is 99.7 cm³/mol. The summed E-state index contributed by atoms with van der Waals surface area (Å²) in [5, 5.41) is 15.8. The van der Waals surface area contributed by atoms with Gasteiger partial charge in [-0.1, -0.05) is 24.3 Å². The Balaban J connectivity index is 1.55. The zero-order valence-electron chi connectivity index (χ0n) is 14.3. The Morgan fingerprint density at radius 3 is 2.81 bits per heavy atom. The minimum Gasteiger partial charge on any atom is -0.381 e. The van der Waals surface area contributed by atoms with Crippen molar-refractivity contribution in [3.05, 3.63) is 71.5 Å². The van der Waals surface area contributed by atoms with Crippen LogP contribution in [-0.4, -0.2) is 28.4 Å². The second-order valence-corrected chi connectivity index (χ2v) is 6.30. The Kier molecular flexibility index (Phi) is 4.20. The summed E-state index contributed by atoms with van der Waals surface area (Å²) in [6.45, 7) is 2.53. The predicted octanol–water partition coefficient (Wildman–Crippen LogP) is 2.95. The van der Waals surface area contributed by atoms with E-state index >= 15 is 0 Å². The molecule has 1 aliphatic heterocycles. The molecule has 0 spiro atoms. The summed E-state index contributed by atoms with van der Waals surface area (Å²) in [4.78, 5) is 13.6. The molecule has 1 aromatic carbocycles. The molecule has 2 aromatic heterocycles. The third-order valence-corrected chi connectivity index (χ3v) is 4.67. The number of nitrogens with one attached hydrogen (secondary N) is 2. The van der Waals surface area contributed by atoms with Gasteiger partial charge in [0.2, 0.25) is 0 Å². The topological polar surface area (TPSA) is 72.6 Å². The Hall–Kier alpha value is -3.46. The van der Waals surface area contributed by atoms with E-state index in [1.165, 1.54) is 0 Å². The molecule has 0 atom stereocenters. The summed E-state index contributed by atoms with van der Waals surface area (Å²) < 4.78 is 1.97. The molecule has 130 valence electrons. The van der Waals surface area contributed by atoms with E-state index in [2.05, 4.69) is 16.7 Å². The molecule has 0 bridgehead atoms. The number of carbonyl (C=O) groups is 1. The Labute approximate surface area is 151 Å². The van der Waals surface area contributed by atoms with Crippen LogP contribution in [0.1, 0.15) is 16.7 Å². The third kappa shape index (κ3) is 2.95. The van der Waals surface area contributed by atoms with Crippen LogP contribution < -0.4 is 10.6 Å². The first kappa shape index (κ1) is 16.0. The summed E-state index contributed by atoms with van der Waals surface area (Å²) in [5.41, 5.74) is 4.59. The van der Waals surface area contributed by atoms with Gasteiger partial charge in [0.25, 0.3) is 0 Å². The molecule has 0 aliphatic carbocycles. The SMILES string of the molecule is N#Cc1c(CNc2ccccc2CN2CCNC2=O)cn2ccccc12. The van der Waals surface area contributed by atoms with Crippen LogP contribution in [0.15, 0.2) is 54.9 Å². The van der Waals surface area contributed by atoms with Crippen molar-refractivity contribution in [3.8, 4) is 6.07 Å². The van der Waals surface area contributed by atoms with E-state index in [4.69, 9.17) is 0 Å². The van der Waals surface area contributed by atoms with Gasteiger partial charge in [0, 0.05) is 49.8 Å². The largest absolute Gasteiger partial charge is 0.381 e. The van der Waals surface area contributed by atoms with Crippen LogP contribution in [0.3, 0.4) is 0 Å². The maximum atomic E-state index is 11.8. The van der Waals surface area contributed by atoms with Crippen LogP contribution >= 0.6 is 0 Å². The van der Waals surface area contributed by atoms with Crippen LogP contribution in [0.2, 0.25) is 0 Å². The number of nitrogens with zero attached hydrogens (tertiary/aromatic N) is 3. The van der Waals surface area contributed by atoms with E-state index < -0.39 is 0 Å². The molecule has 1 fully saturated rings. The summed E-state index contributed by atoms with van der Waals surface area (Å²) in [7, 11) is 0. The standard InChI is InChI=1S/C20H19N5O/c21-11-17-16(14-24-9-4-3-7-19(17)24)12-23-18-6-2-1-5-15(18)13-25-10-8-22-20(25)26/h1-7,9,14,23H,8,10,12-13H2,(H,22,26). The summed E-state index contributed by atoms with van der Waals surface area (Å²) in [6.07, 6.45) is 3.93. The molecular formula is C20H19N5O. The van der Waals surface area contributed by atoms with E-state index in [1.807, 2.05) is 59.3 Å². The second-order valence-electron chi connectivity index (χ2n) is 6.30. The number of amides is 2. The summed E-state index contributed by atoms with van der Waals surface area (Å²) >= 11 is 0. The number of nitriles is 1. The molecule has 26 heavy (non-hydrogen) atoms. The zero-order chi connectivity index (χ0) is 17.9. The van der Waals surface area contributed by atoms with Gasteiger partial charge in [0.1, 0.15) is 6.07 Å². The van der Waals surface area contributed by atoms with E-state index in [0.29, 0.717) is 25.2 Å². The van der Waals surface area contributed by atoms with Gasteiger partial charge in [0.05, 0.1) is 11.1 Å². The number of hydrogen-bond acceptors (Lipinski definition) is 3. The Bertz CT molecular complexity index is 1000. The summed E-state index contributed by atoms with van der Waals surface area (Å²) in [5.74, 6) is 0. The number of aromatic nitrogens is 1. The molecule has 1 saturated heterocycles. The lowest BCUT2D eigenvalue weighted by atomic mass is 10.1. The maximum absolute atomic E-state index is 11.8. The van der Waals surface area contributed by atoms with Gasteiger partial charge >= 0.3 is 6.03 Å². The first-order valence-corrected chi connectivity index (χ1v) is 8.59.